The molecule has 0 spiro atoms. The molecule has 0 saturated carbocycles. The third-order valence-electron chi connectivity index (χ3n) is 1.14. The average molecular weight is 160 g/mol. The number of phenolic OH excluding ortho intramolecular Hbond substituents is 1. The molecule has 0 aliphatic carbocycles. The van der Waals surface area contributed by atoms with Gasteiger partial charge in [0.05, 0.1) is 0 Å². The molecular formula is C7H10ClNO. The molecule has 0 radical (unpaired) electrons. The minimum absolute atomic E-state index is 0. The normalized spacial score (nSPS) is 8.60. The van der Waals surface area contributed by atoms with E-state index in [1.54, 1.807) is 18.2 Å². The van der Waals surface area contributed by atoms with E-state index in [0.29, 0.717) is 5.02 Å². The van der Waals surface area contributed by atoms with E-state index in [0.717, 1.165) is 5.56 Å². The molecule has 0 aliphatic rings. The summed E-state index contributed by atoms with van der Waals surface area (Å²) in [6, 6.07) is 4.86. The van der Waals surface area contributed by atoms with Crippen LogP contribution in [0.2, 0.25) is 5.02 Å². The summed E-state index contributed by atoms with van der Waals surface area (Å²) in [7, 11) is 0. The Morgan fingerprint density at radius 1 is 1.40 bits per heavy atom. The van der Waals surface area contributed by atoms with E-state index in [-0.39, 0.29) is 11.9 Å². The first-order valence-corrected chi connectivity index (χ1v) is 3.03. The molecule has 3 heteroatoms. The van der Waals surface area contributed by atoms with E-state index in [1.807, 2.05) is 6.92 Å². The predicted molar refractivity (Wildman–Crippen MR) is 42.9 cm³/mol. The summed E-state index contributed by atoms with van der Waals surface area (Å²) in [6.45, 7) is 1.85. The van der Waals surface area contributed by atoms with Crippen LogP contribution in [-0.2, 0) is 0 Å². The molecule has 0 unspecified atom stereocenters. The number of aryl methyl sites for hydroxylation is 1. The van der Waals surface area contributed by atoms with Crippen molar-refractivity contribution < 1.29 is 5.11 Å². The van der Waals surface area contributed by atoms with Crippen LogP contribution in [-0.4, -0.2) is 5.11 Å². The Hall–Kier alpha value is -0.730. The fourth-order valence-corrected chi connectivity index (χ4v) is 0.746. The third-order valence-corrected chi connectivity index (χ3v) is 1.57. The lowest BCUT2D eigenvalue weighted by molar-refractivity contribution is 0.475. The maximum Gasteiger partial charge on any atom is 0.115 e. The van der Waals surface area contributed by atoms with Crippen LogP contribution in [0.25, 0.3) is 0 Å². The van der Waals surface area contributed by atoms with E-state index in [1.165, 1.54) is 0 Å². The Labute approximate surface area is 65.0 Å². The van der Waals surface area contributed by atoms with Gasteiger partial charge in [-0.3, -0.25) is 0 Å². The van der Waals surface area contributed by atoms with Crippen molar-refractivity contribution in [2.45, 2.75) is 6.92 Å². The van der Waals surface area contributed by atoms with Gasteiger partial charge in [0.15, 0.2) is 0 Å². The van der Waals surface area contributed by atoms with Crippen LogP contribution in [0, 0.1) is 6.92 Å². The first-order chi connectivity index (χ1) is 4.20. The molecule has 0 bridgehead atoms. The maximum atomic E-state index is 8.88. The average Bonchev–Trinajstić information content (AvgIpc) is 1.80. The fraction of sp³-hybridized carbons (Fsp3) is 0.143. The largest absolute Gasteiger partial charge is 0.508 e. The molecule has 0 aliphatic heterocycles. The van der Waals surface area contributed by atoms with Crippen molar-refractivity contribution in [3.8, 4) is 5.75 Å². The highest BCUT2D eigenvalue weighted by atomic mass is 35.5. The van der Waals surface area contributed by atoms with Gasteiger partial charge in [-0.15, -0.1) is 0 Å². The minimum Gasteiger partial charge on any atom is -0.508 e. The van der Waals surface area contributed by atoms with Gasteiger partial charge in [-0.05, 0) is 30.7 Å². The lowest BCUT2D eigenvalue weighted by Crippen LogP contribution is -1.71. The van der Waals surface area contributed by atoms with Gasteiger partial charge in [-0.25, -0.2) is 0 Å². The summed E-state index contributed by atoms with van der Waals surface area (Å²) in [5, 5.41) is 9.57. The molecule has 0 amide bonds. The number of hydrogen-bond donors (Lipinski definition) is 2. The lowest BCUT2D eigenvalue weighted by atomic mass is 10.2. The van der Waals surface area contributed by atoms with Crippen molar-refractivity contribution in [3.05, 3.63) is 28.8 Å². The minimum atomic E-state index is 0. The molecule has 1 rings (SSSR count). The standard InChI is InChI=1S/C7H7ClO.H3N/c1-5-4-6(9)2-3-7(5)8;/h2-4,9H,1H3;1H3. The van der Waals surface area contributed by atoms with E-state index in [9.17, 15) is 0 Å². The van der Waals surface area contributed by atoms with Crippen LogP contribution in [0.1, 0.15) is 5.56 Å². The van der Waals surface area contributed by atoms with Crippen LogP contribution in [0.4, 0.5) is 0 Å². The second kappa shape index (κ2) is 3.44. The van der Waals surface area contributed by atoms with Crippen molar-refractivity contribution in [2.24, 2.45) is 0 Å². The molecule has 56 valence electrons. The van der Waals surface area contributed by atoms with Gasteiger partial charge in [-0.1, -0.05) is 11.6 Å². The Kier molecular flexibility index (Phi) is 3.19. The number of hydrogen-bond acceptors (Lipinski definition) is 2. The van der Waals surface area contributed by atoms with E-state index in [2.05, 4.69) is 0 Å². The second-order valence-corrected chi connectivity index (χ2v) is 2.34. The second-order valence-electron chi connectivity index (χ2n) is 1.93. The van der Waals surface area contributed by atoms with Crippen LogP contribution in [0.5, 0.6) is 5.75 Å². The molecular weight excluding hydrogens is 150 g/mol. The van der Waals surface area contributed by atoms with E-state index in [4.69, 9.17) is 16.7 Å². The van der Waals surface area contributed by atoms with Gasteiger partial charge >= 0.3 is 0 Å². The molecule has 1 aromatic carbocycles. The zero-order chi connectivity index (χ0) is 6.85. The number of rotatable bonds is 0. The smallest absolute Gasteiger partial charge is 0.115 e. The Morgan fingerprint density at radius 3 is 2.40 bits per heavy atom. The predicted octanol–water partition coefficient (Wildman–Crippen LogP) is 2.52. The highest BCUT2D eigenvalue weighted by Gasteiger charge is 1.92. The summed E-state index contributed by atoms with van der Waals surface area (Å²) >= 11 is 5.67. The molecule has 0 aromatic heterocycles. The highest BCUT2D eigenvalue weighted by molar-refractivity contribution is 6.31. The number of halogens is 1. The van der Waals surface area contributed by atoms with Gasteiger partial charge < -0.3 is 11.3 Å². The van der Waals surface area contributed by atoms with Crippen molar-refractivity contribution in [1.29, 1.82) is 0 Å². The molecule has 0 fully saturated rings. The van der Waals surface area contributed by atoms with E-state index >= 15 is 0 Å². The third kappa shape index (κ3) is 1.90. The first kappa shape index (κ1) is 9.27. The van der Waals surface area contributed by atoms with Gasteiger partial charge in [0.25, 0.3) is 0 Å². The van der Waals surface area contributed by atoms with Crippen LogP contribution in [0.3, 0.4) is 0 Å². The monoisotopic (exact) mass is 159 g/mol. The maximum absolute atomic E-state index is 8.88. The molecule has 10 heavy (non-hydrogen) atoms. The van der Waals surface area contributed by atoms with Crippen molar-refractivity contribution in [1.82, 2.24) is 6.15 Å². The fourth-order valence-electron chi connectivity index (χ4n) is 0.629. The van der Waals surface area contributed by atoms with Crippen molar-refractivity contribution in [2.75, 3.05) is 0 Å². The van der Waals surface area contributed by atoms with Crippen molar-refractivity contribution in [3.63, 3.8) is 0 Å². The van der Waals surface area contributed by atoms with Crippen LogP contribution in [0.15, 0.2) is 18.2 Å². The van der Waals surface area contributed by atoms with E-state index < -0.39 is 0 Å². The zero-order valence-corrected chi connectivity index (χ0v) is 6.52. The van der Waals surface area contributed by atoms with Gasteiger partial charge in [0.2, 0.25) is 0 Å². The summed E-state index contributed by atoms with van der Waals surface area (Å²) in [6.07, 6.45) is 0. The first-order valence-electron chi connectivity index (χ1n) is 2.65. The quantitative estimate of drug-likeness (QED) is 0.611. The molecule has 0 atom stereocenters. The van der Waals surface area contributed by atoms with Gasteiger partial charge in [0, 0.05) is 5.02 Å². The Balaban J connectivity index is 0.000000810. The lowest BCUT2D eigenvalue weighted by Gasteiger charge is -1.95. The molecule has 2 nitrogen and oxygen atoms in total. The number of phenols is 1. The zero-order valence-electron chi connectivity index (χ0n) is 5.76. The SMILES string of the molecule is Cc1cc(O)ccc1Cl.N. The molecule has 4 N–H and O–H groups in total. The molecule has 1 aromatic rings. The summed E-state index contributed by atoms with van der Waals surface area (Å²) < 4.78 is 0. The Bertz CT molecular complexity index is 225. The van der Waals surface area contributed by atoms with Crippen molar-refractivity contribution >= 4 is 11.6 Å². The molecule has 0 heterocycles. The highest BCUT2D eigenvalue weighted by Crippen LogP contribution is 2.19. The number of benzene rings is 1. The van der Waals surface area contributed by atoms with Gasteiger partial charge in [-0.2, -0.15) is 0 Å². The van der Waals surface area contributed by atoms with Crippen LogP contribution >= 0.6 is 11.6 Å². The Morgan fingerprint density at radius 2 is 2.00 bits per heavy atom. The topological polar surface area (TPSA) is 55.2 Å². The number of aromatic hydroxyl groups is 1. The summed E-state index contributed by atoms with van der Waals surface area (Å²) in [5.41, 5.74) is 0.900. The summed E-state index contributed by atoms with van der Waals surface area (Å²) in [4.78, 5) is 0. The van der Waals surface area contributed by atoms with Gasteiger partial charge in [0.1, 0.15) is 5.75 Å². The molecule has 0 saturated heterocycles. The summed E-state index contributed by atoms with van der Waals surface area (Å²) in [5.74, 6) is 0.261. The van der Waals surface area contributed by atoms with Crippen LogP contribution < -0.4 is 6.15 Å².